The third-order valence-electron chi connectivity index (χ3n) is 8.56. The van der Waals surface area contributed by atoms with Crippen LogP contribution in [0.5, 0.6) is 5.75 Å². The van der Waals surface area contributed by atoms with Gasteiger partial charge in [0.15, 0.2) is 23.7 Å². The van der Waals surface area contributed by atoms with E-state index in [1.165, 1.54) is 55.7 Å². The summed E-state index contributed by atoms with van der Waals surface area (Å²) < 4.78 is 44.3. The highest BCUT2D eigenvalue weighted by atomic mass is 32.2. The number of benzene rings is 4. The van der Waals surface area contributed by atoms with Gasteiger partial charge in [-0.1, -0.05) is 93.6 Å². The van der Waals surface area contributed by atoms with Crippen molar-refractivity contribution >= 4 is 28.7 Å². The lowest BCUT2D eigenvalue weighted by Gasteiger charge is -2.44. The van der Waals surface area contributed by atoms with Crippen LogP contribution < -0.4 is 4.74 Å². The predicted octanol–water partition coefficient (Wildman–Crippen LogP) is 6.93. The van der Waals surface area contributed by atoms with Crippen LogP contribution in [-0.2, 0) is 29.7 Å². The smallest absolute Gasteiger partial charge is 0.338 e. The van der Waals surface area contributed by atoms with E-state index in [0.29, 0.717) is 17.3 Å². The molecular weight excluding hydrogens is 685 g/mol. The van der Waals surface area contributed by atoms with E-state index in [-0.39, 0.29) is 16.7 Å². The number of rotatable bonds is 17. The van der Waals surface area contributed by atoms with Gasteiger partial charge in [0.1, 0.15) is 11.9 Å². The van der Waals surface area contributed by atoms with Crippen LogP contribution in [0.3, 0.4) is 0 Å². The first-order valence-electron chi connectivity index (χ1n) is 17.6. The second-order valence-electron chi connectivity index (χ2n) is 12.3. The molecule has 1 fully saturated rings. The second-order valence-corrected chi connectivity index (χ2v) is 13.8. The van der Waals surface area contributed by atoms with Gasteiger partial charge in [-0.15, -0.1) is 0 Å². The van der Waals surface area contributed by atoms with Gasteiger partial charge < -0.3 is 28.8 Å². The van der Waals surface area contributed by atoms with Crippen molar-refractivity contribution in [3.05, 3.63) is 132 Å². The van der Waals surface area contributed by atoms with Gasteiger partial charge >= 0.3 is 17.9 Å². The standard InChI is InChI=1S/C41H44O10S/c1-2-3-4-5-6-16-27-47-32-23-25-33(26-24-32)52(46)41-37(51-40(45)31-21-14-9-15-22-31)36(50-39(44)30-19-12-8-13-20-30)35(34(28-42)48-41)49-38(43)29-17-10-7-11-18-29/h7-15,17-26,34-37,41-42H,2-6,16,27-28H2,1H3/t34-,35-,36+,37-,41+,52?/m1/s1. The number of aliphatic hydroxyl groups is 1. The van der Waals surface area contributed by atoms with Gasteiger partial charge in [0.2, 0.25) is 0 Å². The van der Waals surface area contributed by atoms with Gasteiger partial charge in [0, 0.05) is 4.90 Å². The van der Waals surface area contributed by atoms with Crippen molar-refractivity contribution in [2.75, 3.05) is 13.2 Å². The Kier molecular flexibility index (Phi) is 14.5. The summed E-state index contributed by atoms with van der Waals surface area (Å²) in [6.07, 6.45) is 0.898. The van der Waals surface area contributed by atoms with E-state index in [1.807, 2.05) is 0 Å². The van der Waals surface area contributed by atoms with E-state index in [1.54, 1.807) is 78.9 Å². The average Bonchev–Trinajstić information content (AvgIpc) is 3.19. The molecular formula is C41H44O10S. The summed E-state index contributed by atoms with van der Waals surface area (Å²) in [6, 6.07) is 30.9. The van der Waals surface area contributed by atoms with Crippen molar-refractivity contribution in [1.29, 1.82) is 0 Å². The van der Waals surface area contributed by atoms with E-state index in [9.17, 15) is 23.7 Å². The summed E-state index contributed by atoms with van der Waals surface area (Å²) in [7, 11) is -2.06. The Bertz CT molecular complexity index is 1730. The topological polar surface area (TPSA) is 135 Å². The Morgan fingerprint density at radius 3 is 1.58 bits per heavy atom. The molecule has 1 saturated heterocycles. The lowest BCUT2D eigenvalue weighted by Crippen LogP contribution is -2.63. The van der Waals surface area contributed by atoms with Crippen LogP contribution in [0.2, 0.25) is 0 Å². The van der Waals surface area contributed by atoms with Gasteiger partial charge in [-0.3, -0.25) is 4.21 Å². The first-order valence-corrected chi connectivity index (χ1v) is 18.8. The van der Waals surface area contributed by atoms with Crippen molar-refractivity contribution in [3.8, 4) is 5.75 Å². The maximum Gasteiger partial charge on any atom is 0.338 e. The molecule has 274 valence electrons. The molecule has 1 N–H and O–H groups in total. The monoisotopic (exact) mass is 728 g/mol. The molecule has 52 heavy (non-hydrogen) atoms. The number of carbonyl (C=O) groups is 3. The number of carbonyl (C=O) groups excluding carboxylic acids is 3. The fraction of sp³-hybridized carbons (Fsp3) is 0.341. The minimum atomic E-state index is -2.06. The maximum absolute atomic E-state index is 14.4. The largest absolute Gasteiger partial charge is 0.494 e. The Balaban J connectivity index is 1.45. The highest BCUT2D eigenvalue weighted by molar-refractivity contribution is 7.85. The third-order valence-corrected chi connectivity index (χ3v) is 10.1. The predicted molar refractivity (Wildman–Crippen MR) is 194 cm³/mol. The molecule has 0 bridgehead atoms. The number of ether oxygens (including phenoxy) is 5. The summed E-state index contributed by atoms with van der Waals surface area (Å²) >= 11 is 0. The molecule has 1 aliphatic heterocycles. The van der Waals surface area contributed by atoms with Crippen LogP contribution in [0.4, 0.5) is 0 Å². The fourth-order valence-corrected chi connectivity index (χ4v) is 7.14. The molecule has 0 radical (unpaired) electrons. The summed E-state index contributed by atoms with van der Waals surface area (Å²) in [5, 5.41) is 10.5. The summed E-state index contributed by atoms with van der Waals surface area (Å²) in [4.78, 5) is 40.8. The van der Waals surface area contributed by atoms with Crippen LogP contribution in [-0.4, -0.2) is 70.3 Å². The molecule has 0 amide bonds. The zero-order chi connectivity index (χ0) is 36.7. The molecule has 1 unspecified atom stereocenters. The quantitative estimate of drug-likeness (QED) is 0.0693. The summed E-state index contributed by atoms with van der Waals surface area (Å²) in [6.45, 7) is 2.03. The molecule has 1 heterocycles. The third kappa shape index (κ3) is 10.4. The molecule has 0 spiro atoms. The van der Waals surface area contributed by atoms with Crippen LogP contribution in [0.1, 0.15) is 76.5 Å². The van der Waals surface area contributed by atoms with Crippen LogP contribution >= 0.6 is 0 Å². The Labute approximate surface area is 306 Å². The number of aliphatic hydroxyl groups excluding tert-OH is 1. The fourth-order valence-electron chi connectivity index (χ4n) is 5.77. The second kappa shape index (κ2) is 19.7. The van der Waals surface area contributed by atoms with E-state index in [2.05, 4.69) is 6.92 Å². The van der Waals surface area contributed by atoms with Gasteiger partial charge in [-0.25, -0.2) is 14.4 Å². The van der Waals surface area contributed by atoms with Crippen molar-refractivity contribution in [3.63, 3.8) is 0 Å². The number of unbranched alkanes of at least 4 members (excludes halogenated alkanes) is 5. The van der Waals surface area contributed by atoms with Gasteiger partial charge in [0.05, 0.1) is 40.7 Å². The molecule has 6 atom stereocenters. The molecule has 0 aliphatic carbocycles. The normalized spacial score (nSPS) is 20.3. The van der Waals surface area contributed by atoms with Crippen LogP contribution in [0, 0.1) is 0 Å². The van der Waals surface area contributed by atoms with Crippen molar-refractivity contribution in [2.45, 2.75) is 80.2 Å². The number of hydrogen-bond donors (Lipinski definition) is 1. The molecule has 4 aromatic rings. The van der Waals surface area contributed by atoms with E-state index < -0.39 is 65.2 Å². The van der Waals surface area contributed by atoms with Crippen molar-refractivity contribution in [2.24, 2.45) is 0 Å². The molecule has 0 aromatic heterocycles. The van der Waals surface area contributed by atoms with Gasteiger partial charge in [0.25, 0.3) is 0 Å². The molecule has 10 nitrogen and oxygen atoms in total. The Hall–Kier alpha value is -4.84. The summed E-state index contributed by atoms with van der Waals surface area (Å²) in [5.41, 5.74) is -0.922. The molecule has 4 aromatic carbocycles. The average molecular weight is 729 g/mol. The Morgan fingerprint density at radius 1 is 0.615 bits per heavy atom. The maximum atomic E-state index is 14.4. The molecule has 11 heteroatoms. The van der Waals surface area contributed by atoms with Crippen molar-refractivity contribution < 1.29 is 47.4 Å². The first kappa shape index (κ1) is 38.4. The number of hydrogen-bond acceptors (Lipinski definition) is 10. The minimum absolute atomic E-state index is 0.171. The lowest BCUT2D eigenvalue weighted by atomic mass is 9.98. The van der Waals surface area contributed by atoms with Gasteiger partial charge in [-0.05, 0) is 67.1 Å². The minimum Gasteiger partial charge on any atom is -0.494 e. The highest BCUT2D eigenvalue weighted by Crippen LogP contribution is 2.34. The molecule has 5 rings (SSSR count). The van der Waals surface area contributed by atoms with Gasteiger partial charge in [-0.2, -0.15) is 0 Å². The molecule has 1 aliphatic rings. The SMILES string of the molecule is CCCCCCCCOc1ccc(S(=O)[C@@H]2O[C@H](CO)[C@@H](OC(=O)c3ccccc3)[C@H](OC(=O)c3ccccc3)[C@H]2OC(=O)c2ccccc2)cc1. The van der Waals surface area contributed by atoms with E-state index in [0.717, 1.165) is 19.3 Å². The zero-order valence-corrected chi connectivity index (χ0v) is 29.9. The van der Waals surface area contributed by atoms with E-state index in [4.69, 9.17) is 23.7 Å². The molecule has 0 saturated carbocycles. The van der Waals surface area contributed by atoms with Crippen LogP contribution in [0.25, 0.3) is 0 Å². The summed E-state index contributed by atoms with van der Waals surface area (Å²) in [5.74, 6) is -1.83. The lowest BCUT2D eigenvalue weighted by molar-refractivity contribution is -0.208. The highest BCUT2D eigenvalue weighted by Gasteiger charge is 2.54. The first-order chi connectivity index (χ1) is 25.4. The zero-order valence-electron chi connectivity index (χ0n) is 29.0. The van der Waals surface area contributed by atoms with Crippen molar-refractivity contribution in [1.82, 2.24) is 0 Å². The van der Waals surface area contributed by atoms with E-state index >= 15 is 0 Å². The van der Waals surface area contributed by atoms with Crippen LogP contribution in [0.15, 0.2) is 120 Å². The Morgan fingerprint density at radius 2 is 1.08 bits per heavy atom. The number of esters is 3.